The molecule has 2 aromatic rings. The van der Waals surface area contributed by atoms with Gasteiger partial charge in [-0.05, 0) is 0 Å². The molecule has 0 spiro atoms. The largest absolute Gasteiger partial charge is 0.507 e. The average molecular weight is 291 g/mol. The van der Waals surface area contributed by atoms with E-state index in [-0.39, 0.29) is 18.5 Å². The number of nitrogens with one attached hydrogen (secondary N) is 1. The van der Waals surface area contributed by atoms with E-state index in [9.17, 15) is 14.7 Å². The summed E-state index contributed by atoms with van der Waals surface area (Å²) in [5.41, 5.74) is -0.0873. The number of cyclic esters (lactones) is 1. The molecular weight excluding hydrogens is 278 g/mol. The van der Waals surface area contributed by atoms with Gasteiger partial charge in [-0.25, -0.2) is 4.79 Å². The molecule has 1 amide bonds. The quantitative estimate of drug-likeness (QED) is 0.851. The molecule has 21 heavy (non-hydrogen) atoms. The van der Waals surface area contributed by atoms with Crippen LogP contribution in [-0.2, 0) is 4.74 Å². The van der Waals surface area contributed by atoms with E-state index in [0.29, 0.717) is 23.2 Å². The molecule has 2 aromatic heterocycles. The summed E-state index contributed by atoms with van der Waals surface area (Å²) >= 11 is 0. The second-order valence-corrected chi connectivity index (χ2v) is 4.78. The standard InChI is InChI=1S/C13H13N3O5/c1-16-5-7(21-13(16)19)6-20-10-4-14-3-8-9(17)2-11(18)15-12(8)10/h2-4,7H,5-6H2,1H3,(H2,15,17,18). The SMILES string of the molecule is CN1CC(COc2cncc3c(O)cc(=O)[nH]c23)OC1=O. The summed E-state index contributed by atoms with van der Waals surface area (Å²) in [7, 11) is 1.64. The van der Waals surface area contributed by atoms with Crippen molar-refractivity contribution in [2.45, 2.75) is 6.10 Å². The number of amides is 1. The molecule has 1 aliphatic rings. The Kier molecular flexibility index (Phi) is 3.13. The number of rotatable bonds is 3. The fourth-order valence-corrected chi connectivity index (χ4v) is 2.15. The molecule has 1 saturated heterocycles. The molecule has 3 rings (SSSR count). The van der Waals surface area contributed by atoms with Gasteiger partial charge < -0.3 is 24.5 Å². The number of aromatic nitrogens is 2. The first-order valence-electron chi connectivity index (χ1n) is 6.29. The zero-order valence-electron chi connectivity index (χ0n) is 11.2. The molecule has 0 aliphatic carbocycles. The van der Waals surface area contributed by atoms with Crippen LogP contribution < -0.4 is 10.3 Å². The van der Waals surface area contributed by atoms with E-state index < -0.39 is 11.7 Å². The Labute approximate surface area is 118 Å². The topological polar surface area (TPSA) is 105 Å². The molecule has 1 aliphatic heterocycles. The van der Waals surface area contributed by atoms with Gasteiger partial charge in [0.05, 0.1) is 23.6 Å². The van der Waals surface area contributed by atoms with E-state index >= 15 is 0 Å². The fourth-order valence-electron chi connectivity index (χ4n) is 2.15. The first-order valence-corrected chi connectivity index (χ1v) is 6.29. The molecule has 0 aromatic carbocycles. The van der Waals surface area contributed by atoms with Crippen molar-refractivity contribution in [2.24, 2.45) is 0 Å². The van der Waals surface area contributed by atoms with Crippen LogP contribution in [0.2, 0.25) is 0 Å². The number of pyridine rings is 2. The highest BCUT2D eigenvalue weighted by molar-refractivity contribution is 5.88. The summed E-state index contributed by atoms with van der Waals surface area (Å²) in [6.45, 7) is 0.563. The second-order valence-electron chi connectivity index (χ2n) is 4.78. The highest BCUT2D eigenvalue weighted by atomic mass is 16.6. The van der Waals surface area contributed by atoms with Crippen LogP contribution >= 0.6 is 0 Å². The lowest BCUT2D eigenvalue weighted by Gasteiger charge is -2.12. The maximum absolute atomic E-state index is 11.4. The zero-order valence-corrected chi connectivity index (χ0v) is 11.2. The normalized spacial score (nSPS) is 18.0. The molecule has 0 radical (unpaired) electrons. The zero-order chi connectivity index (χ0) is 15.0. The number of aromatic hydroxyl groups is 1. The predicted molar refractivity (Wildman–Crippen MR) is 72.4 cm³/mol. The lowest BCUT2D eigenvalue weighted by atomic mass is 10.2. The number of likely N-dealkylation sites (N-methyl/N-ethyl adjacent to an activating group) is 1. The van der Waals surface area contributed by atoms with Crippen LogP contribution in [0.5, 0.6) is 11.5 Å². The van der Waals surface area contributed by atoms with Gasteiger partial charge in [0.2, 0.25) is 0 Å². The van der Waals surface area contributed by atoms with Gasteiger partial charge in [0.1, 0.15) is 12.4 Å². The Morgan fingerprint density at radius 3 is 3.05 bits per heavy atom. The Bertz CT molecular complexity index is 757. The molecule has 8 heteroatoms. The van der Waals surface area contributed by atoms with Crippen molar-refractivity contribution >= 4 is 17.0 Å². The molecular formula is C13H13N3O5. The van der Waals surface area contributed by atoms with Gasteiger partial charge in [-0.3, -0.25) is 9.78 Å². The predicted octanol–water partition coefficient (Wildman–Crippen LogP) is 0.458. The number of aromatic amines is 1. The van der Waals surface area contributed by atoms with Crippen LogP contribution in [0.25, 0.3) is 10.9 Å². The smallest absolute Gasteiger partial charge is 0.410 e. The average Bonchev–Trinajstić information content (AvgIpc) is 2.75. The minimum absolute atomic E-state index is 0.133. The first kappa shape index (κ1) is 13.2. The molecule has 2 N–H and O–H groups in total. The van der Waals surface area contributed by atoms with E-state index in [1.165, 1.54) is 17.3 Å². The van der Waals surface area contributed by atoms with Gasteiger partial charge in [-0.15, -0.1) is 0 Å². The van der Waals surface area contributed by atoms with Crippen molar-refractivity contribution in [1.82, 2.24) is 14.9 Å². The molecule has 8 nitrogen and oxygen atoms in total. The third-order valence-electron chi connectivity index (χ3n) is 3.18. The Hall–Kier alpha value is -2.77. The minimum Gasteiger partial charge on any atom is -0.507 e. The van der Waals surface area contributed by atoms with Crippen molar-refractivity contribution < 1.29 is 19.4 Å². The molecule has 1 atom stereocenters. The van der Waals surface area contributed by atoms with E-state index in [0.717, 1.165) is 6.07 Å². The summed E-state index contributed by atoms with van der Waals surface area (Å²) in [5.74, 6) is 0.143. The number of H-pyrrole nitrogens is 1. The van der Waals surface area contributed by atoms with Crippen molar-refractivity contribution in [3.8, 4) is 11.5 Å². The number of hydrogen-bond acceptors (Lipinski definition) is 6. The van der Waals surface area contributed by atoms with Crippen LogP contribution in [0.4, 0.5) is 4.79 Å². The Balaban J connectivity index is 1.84. The number of hydrogen-bond donors (Lipinski definition) is 2. The molecule has 0 bridgehead atoms. The third-order valence-corrected chi connectivity index (χ3v) is 3.18. The summed E-state index contributed by atoms with van der Waals surface area (Å²) in [6.07, 6.45) is 2.07. The summed E-state index contributed by atoms with van der Waals surface area (Å²) in [6, 6.07) is 1.07. The molecule has 0 saturated carbocycles. The van der Waals surface area contributed by atoms with Gasteiger partial charge in [-0.1, -0.05) is 0 Å². The lowest BCUT2D eigenvalue weighted by Crippen LogP contribution is -2.23. The number of fused-ring (bicyclic) bond motifs is 1. The van der Waals surface area contributed by atoms with Crippen molar-refractivity contribution in [3.05, 3.63) is 28.8 Å². The van der Waals surface area contributed by atoms with Crippen LogP contribution in [0.15, 0.2) is 23.3 Å². The number of carbonyl (C=O) groups is 1. The summed E-state index contributed by atoms with van der Waals surface area (Å²) in [5, 5.41) is 10.1. The third kappa shape index (κ3) is 2.47. The van der Waals surface area contributed by atoms with Crippen LogP contribution in [0.3, 0.4) is 0 Å². The van der Waals surface area contributed by atoms with E-state index in [2.05, 4.69) is 9.97 Å². The fraction of sp³-hybridized carbons (Fsp3) is 0.308. The van der Waals surface area contributed by atoms with Crippen molar-refractivity contribution in [2.75, 3.05) is 20.2 Å². The van der Waals surface area contributed by atoms with Gasteiger partial charge in [0.15, 0.2) is 11.9 Å². The lowest BCUT2D eigenvalue weighted by molar-refractivity contribution is 0.103. The van der Waals surface area contributed by atoms with Crippen molar-refractivity contribution in [1.29, 1.82) is 0 Å². The second kappa shape index (κ2) is 4.97. The number of ether oxygens (including phenoxy) is 2. The minimum atomic E-state index is -0.442. The monoisotopic (exact) mass is 291 g/mol. The Morgan fingerprint density at radius 1 is 1.52 bits per heavy atom. The van der Waals surface area contributed by atoms with Gasteiger partial charge >= 0.3 is 6.09 Å². The van der Waals surface area contributed by atoms with Crippen LogP contribution in [-0.4, -0.2) is 52.4 Å². The van der Waals surface area contributed by atoms with E-state index in [1.807, 2.05) is 0 Å². The van der Waals surface area contributed by atoms with Gasteiger partial charge in [0.25, 0.3) is 5.56 Å². The number of nitrogens with zero attached hydrogens (tertiary/aromatic N) is 2. The molecule has 110 valence electrons. The summed E-state index contributed by atoms with van der Waals surface area (Å²) < 4.78 is 10.6. The van der Waals surface area contributed by atoms with Crippen LogP contribution in [0, 0.1) is 0 Å². The molecule has 1 fully saturated rings. The van der Waals surface area contributed by atoms with Crippen molar-refractivity contribution in [3.63, 3.8) is 0 Å². The van der Waals surface area contributed by atoms with Gasteiger partial charge in [0, 0.05) is 19.3 Å². The van der Waals surface area contributed by atoms with E-state index in [1.54, 1.807) is 7.05 Å². The molecule has 3 heterocycles. The maximum Gasteiger partial charge on any atom is 0.410 e. The summed E-state index contributed by atoms with van der Waals surface area (Å²) in [4.78, 5) is 30.7. The Morgan fingerprint density at radius 2 is 2.33 bits per heavy atom. The highest BCUT2D eigenvalue weighted by Gasteiger charge is 2.28. The first-order chi connectivity index (χ1) is 10.0. The van der Waals surface area contributed by atoms with E-state index in [4.69, 9.17) is 9.47 Å². The van der Waals surface area contributed by atoms with Gasteiger partial charge in [-0.2, -0.15) is 0 Å². The van der Waals surface area contributed by atoms with Crippen LogP contribution in [0.1, 0.15) is 0 Å². The molecule has 1 unspecified atom stereocenters. The highest BCUT2D eigenvalue weighted by Crippen LogP contribution is 2.27. The number of carbonyl (C=O) groups excluding carboxylic acids is 1. The maximum atomic E-state index is 11.4.